The molecule has 0 aromatic heterocycles. The summed E-state index contributed by atoms with van der Waals surface area (Å²) in [6.07, 6.45) is 3.26. The van der Waals surface area contributed by atoms with Crippen LogP contribution in [0, 0.1) is 5.82 Å². The predicted molar refractivity (Wildman–Crippen MR) is 144 cm³/mol. The Hall–Kier alpha value is -2.40. The largest absolute Gasteiger partial charge is 0.494 e. The number of benzene rings is 2. The molecule has 2 aliphatic rings. The molecule has 0 unspecified atom stereocenters. The Morgan fingerprint density at radius 1 is 1.05 bits per heavy atom. The molecular formula is C28H39FN2O6S. The molecule has 2 aliphatic heterocycles. The van der Waals surface area contributed by atoms with Crippen LogP contribution in [-0.4, -0.2) is 77.2 Å². The zero-order valence-corrected chi connectivity index (χ0v) is 23.3. The van der Waals surface area contributed by atoms with Crippen LogP contribution in [0.15, 0.2) is 36.4 Å². The topological polar surface area (TPSA) is 77.5 Å². The van der Waals surface area contributed by atoms with Crippen molar-refractivity contribution in [1.29, 1.82) is 0 Å². The van der Waals surface area contributed by atoms with Crippen LogP contribution in [0.25, 0.3) is 0 Å². The molecule has 1 fully saturated rings. The maximum absolute atomic E-state index is 14.7. The Labute approximate surface area is 225 Å². The molecule has 2 atom stereocenters. The van der Waals surface area contributed by atoms with Gasteiger partial charge in [-0.2, -0.15) is 4.31 Å². The first-order chi connectivity index (χ1) is 18.4. The van der Waals surface area contributed by atoms with Crippen molar-refractivity contribution in [2.24, 2.45) is 0 Å². The van der Waals surface area contributed by atoms with E-state index in [-0.39, 0.29) is 30.3 Å². The number of unbranched alkanes of at least 4 members (excludes halogenated alkanes) is 2. The van der Waals surface area contributed by atoms with Crippen LogP contribution < -0.4 is 14.2 Å². The molecule has 2 aromatic carbocycles. The lowest BCUT2D eigenvalue weighted by atomic mass is 9.93. The minimum atomic E-state index is -3.41. The van der Waals surface area contributed by atoms with Crippen LogP contribution >= 0.6 is 0 Å². The average molecular weight is 551 g/mol. The van der Waals surface area contributed by atoms with Crippen LogP contribution in [0.4, 0.5) is 4.39 Å². The lowest BCUT2D eigenvalue weighted by Crippen LogP contribution is -2.41. The van der Waals surface area contributed by atoms with E-state index in [0.717, 1.165) is 41.9 Å². The number of hydrogen-bond donors (Lipinski definition) is 0. The van der Waals surface area contributed by atoms with Crippen molar-refractivity contribution in [1.82, 2.24) is 9.21 Å². The van der Waals surface area contributed by atoms with Crippen molar-refractivity contribution in [2.45, 2.75) is 44.6 Å². The maximum Gasteiger partial charge on any atom is 0.231 e. The second-order valence-electron chi connectivity index (χ2n) is 9.87. The van der Waals surface area contributed by atoms with Gasteiger partial charge in [0.2, 0.25) is 16.8 Å². The molecular weight excluding hydrogens is 511 g/mol. The highest BCUT2D eigenvalue weighted by molar-refractivity contribution is 7.89. The van der Waals surface area contributed by atoms with Gasteiger partial charge < -0.3 is 18.9 Å². The van der Waals surface area contributed by atoms with Gasteiger partial charge in [0.1, 0.15) is 0 Å². The molecule has 0 N–H and O–H groups in total. The van der Waals surface area contributed by atoms with Gasteiger partial charge in [0.25, 0.3) is 0 Å². The standard InChI is InChI=1S/C28H39FN2O6S/c1-4-5-6-15-38(32,33)31(13-14-34-2)12-11-30-19-23(21-7-10-27-28(18-21)37-20-36-27)17-25(30)22-8-9-26(35-3)24(29)16-22/h7-10,16,18,23,25H,4-6,11-15,17,19-20H2,1-3H3/t23-,25+/m1/s1. The van der Waals surface area contributed by atoms with Gasteiger partial charge in [-0.1, -0.05) is 31.9 Å². The number of methoxy groups -OCH3 is 2. The SMILES string of the molecule is CCCCCS(=O)(=O)N(CCOC)CCN1C[C@H](c2ccc3c(c2)OCO3)C[C@H]1c1ccc(OC)c(F)c1. The van der Waals surface area contributed by atoms with Crippen molar-refractivity contribution < 1.29 is 31.8 Å². The van der Waals surface area contributed by atoms with Crippen LogP contribution in [0.1, 0.15) is 55.7 Å². The Balaban J connectivity index is 1.55. The number of sulfonamides is 1. The van der Waals surface area contributed by atoms with E-state index in [9.17, 15) is 12.8 Å². The second-order valence-corrected chi connectivity index (χ2v) is 12.0. The van der Waals surface area contributed by atoms with Crippen molar-refractivity contribution >= 4 is 10.0 Å². The highest BCUT2D eigenvalue weighted by Gasteiger charge is 2.35. The van der Waals surface area contributed by atoms with Crippen molar-refractivity contribution in [2.75, 3.05) is 59.6 Å². The summed E-state index contributed by atoms with van der Waals surface area (Å²) in [5.41, 5.74) is 1.97. The van der Waals surface area contributed by atoms with Crippen LogP contribution in [0.3, 0.4) is 0 Å². The summed E-state index contributed by atoms with van der Waals surface area (Å²) in [5, 5.41) is 0. The summed E-state index contributed by atoms with van der Waals surface area (Å²) < 4.78 is 63.9. The van der Waals surface area contributed by atoms with E-state index >= 15 is 0 Å². The zero-order valence-electron chi connectivity index (χ0n) is 22.5. The number of hydrogen-bond acceptors (Lipinski definition) is 7. The summed E-state index contributed by atoms with van der Waals surface area (Å²) in [4.78, 5) is 2.26. The minimum Gasteiger partial charge on any atom is -0.494 e. The zero-order chi connectivity index (χ0) is 27.1. The first kappa shape index (κ1) is 28.6. The molecule has 0 saturated carbocycles. The van der Waals surface area contributed by atoms with Gasteiger partial charge in [0.15, 0.2) is 23.1 Å². The Bertz CT molecular complexity index is 1180. The predicted octanol–water partition coefficient (Wildman–Crippen LogP) is 4.56. The second kappa shape index (κ2) is 13.1. The third kappa shape index (κ3) is 6.77. The van der Waals surface area contributed by atoms with Gasteiger partial charge in [0.05, 0.1) is 19.5 Å². The highest BCUT2D eigenvalue weighted by Crippen LogP contribution is 2.43. The number of ether oxygens (including phenoxy) is 4. The summed E-state index contributed by atoms with van der Waals surface area (Å²) in [7, 11) is -0.384. The first-order valence-electron chi connectivity index (χ1n) is 13.3. The quantitative estimate of drug-likeness (QED) is 0.319. The number of likely N-dealkylation sites (tertiary alicyclic amines) is 1. The minimum absolute atomic E-state index is 0.0714. The van der Waals surface area contributed by atoms with E-state index in [0.29, 0.717) is 39.2 Å². The summed E-state index contributed by atoms with van der Waals surface area (Å²) in [6, 6.07) is 11.0. The maximum atomic E-state index is 14.7. The lowest BCUT2D eigenvalue weighted by molar-refractivity contribution is 0.169. The molecule has 0 radical (unpaired) electrons. The highest BCUT2D eigenvalue weighted by atomic mass is 32.2. The van der Waals surface area contributed by atoms with Gasteiger partial charge in [-0.25, -0.2) is 12.8 Å². The fourth-order valence-electron chi connectivity index (χ4n) is 5.28. The van der Waals surface area contributed by atoms with Crippen LogP contribution in [0.5, 0.6) is 17.2 Å². The van der Waals surface area contributed by atoms with Crippen LogP contribution in [0.2, 0.25) is 0 Å². The molecule has 2 heterocycles. The third-order valence-corrected chi connectivity index (χ3v) is 9.37. The van der Waals surface area contributed by atoms with Crippen molar-refractivity contribution in [3.8, 4) is 17.2 Å². The smallest absolute Gasteiger partial charge is 0.231 e. The number of nitrogens with zero attached hydrogens (tertiary/aromatic N) is 2. The molecule has 10 heteroatoms. The van der Waals surface area contributed by atoms with Gasteiger partial charge >= 0.3 is 0 Å². The van der Waals surface area contributed by atoms with Crippen molar-refractivity contribution in [3.05, 3.63) is 53.3 Å². The Kier molecular flexibility index (Phi) is 9.86. The summed E-state index contributed by atoms with van der Waals surface area (Å²) in [6.45, 7) is 4.50. The fourth-order valence-corrected chi connectivity index (χ4v) is 6.82. The van der Waals surface area contributed by atoms with Crippen molar-refractivity contribution in [3.63, 3.8) is 0 Å². The molecule has 0 spiro atoms. The molecule has 1 saturated heterocycles. The van der Waals surface area contributed by atoms with Gasteiger partial charge in [0, 0.05) is 39.3 Å². The third-order valence-electron chi connectivity index (χ3n) is 7.41. The number of halogens is 1. The molecule has 38 heavy (non-hydrogen) atoms. The first-order valence-corrected chi connectivity index (χ1v) is 14.9. The van der Waals surface area contributed by atoms with E-state index < -0.39 is 15.8 Å². The molecule has 2 aromatic rings. The molecule has 4 rings (SSSR count). The number of rotatable bonds is 14. The summed E-state index contributed by atoms with van der Waals surface area (Å²) in [5.74, 6) is 1.58. The van der Waals surface area contributed by atoms with Gasteiger partial charge in [-0.3, -0.25) is 4.90 Å². The van der Waals surface area contributed by atoms with E-state index in [1.54, 1.807) is 17.5 Å². The monoisotopic (exact) mass is 550 g/mol. The fraction of sp³-hybridized carbons (Fsp3) is 0.571. The average Bonchev–Trinajstić information content (AvgIpc) is 3.55. The molecule has 8 nitrogen and oxygen atoms in total. The van der Waals surface area contributed by atoms with Gasteiger partial charge in [-0.15, -0.1) is 0 Å². The van der Waals surface area contributed by atoms with Crippen LogP contribution in [-0.2, 0) is 14.8 Å². The Morgan fingerprint density at radius 3 is 2.58 bits per heavy atom. The summed E-state index contributed by atoms with van der Waals surface area (Å²) >= 11 is 0. The normalized spacial score (nSPS) is 19.4. The Morgan fingerprint density at radius 2 is 1.84 bits per heavy atom. The van der Waals surface area contributed by atoms with E-state index in [2.05, 4.69) is 17.9 Å². The van der Waals surface area contributed by atoms with E-state index in [1.807, 2.05) is 18.2 Å². The number of fused-ring (bicyclic) bond motifs is 1. The van der Waals surface area contributed by atoms with E-state index in [4.69, 9.17) is 18.9 Å². The van der Waals surface area contributed by atoms with E-state index in [1.165, 1.54) is 13.2 Å². The molecule has 0 aliphatic carbocycles. The molecule has 0 amide bonds. The lowest BCUT2D eigenvalue weighted by Gasteiger charge is -2.29. The van der Waals surface area contributed by atoms with Gasteiger partial charge in [-0.05, 0) is 54.2 Å². The molecule has 210 valence electrons. The molecule has 0 bridgehead atoms.